The van der Waals surface area contributed by atoms with Gasteiger partial charge in [0.15, 0.2) is 11.5 Å². The summed E-state index contributed by atoms with van der Waals surface area (Å²) in [7, 11) is 1.51. The fourth-order valence-corrected chi connectivity index (χ4v) is 4.44. The summed E-state index contributed by atoms with van der Waals surface area (Å²) in [5.41, 5.74) is 5.69. The molecule has 1 aliphatic heterocycles. The third-order valence-corrected chi connectivity index (χ3v) is 5.58. The van der Waals surface area contributed by atoms with E-state index < -0.39 is 5.60 Å². The maximum Gasteiger partial charge on any atom is 0.231 e. The van der Waals surface area contributed by atoms with E-state index in [9.17, 15) is 15.0 Å². The number of amides is 1. The predicted octanol–water partition coefficient (Wildman–Crippen LogP) is 1.55. The molecule has 24 heavy (non-hydrogen) atoms. The fourth-order valence-electron chi connectivity index (χ4n) is 4.44. The lowest BCUT2D eigenvalue weighted by Gasteiger charge is -2.52. The molecule has 1 saturated heterocycles. The average molecular weight is 334 g/mol. The quantitative estimate of drug-likeness (QED) is 0.776. The number of nitrogens with zero attached hydrogens (tertiary/aromatic N) is 1. The molecule has 3 atom stereocenters. The molecule has 3 rings (SSSR count). The summed E-state index contributed by atoms with van der Waals surface area (Å²) >= 11 is 0. The van der Waals surface area contributed by atoms with Crippen LogP contribution in [0.2, 0.25) is 0 Å². The highest BCUT2D eigenvalue weighted by molar-refractivity contribution is 5.76. The van der Waals surface area contributed by atoms with Gasteiger partial charge in [-0.1, -0.05) is 18.9 Å². The van der Waals surface area contributed by atoms with Crippen molar-refractivity contribution in [3.63, 3.8) is 0 Å². The Balaban J connectivity index is 2.00. The van der Waals surface area contributed by atoms with Gasteiger partial charge in [-0.25, -0.2) is 0 Å². The first kappa shape index (κ1) is 17.0. The van der Waals surface area contributed by atoms with Crippen LogP contribution in [0.1, 0.15) is 43.7 Å². The Kier molecular flexibility index (Phi) is 4.69. The first-order valence-electron chi connectivity index (χ1n) is 8.56. The minimum Gasteiger partial charge on any atom is -0.504 e. The van der Waals surface area contributed by atoms with E-state index >= 15 is 0 Å². The number of rotatable bonds is 4. The molecule has 3 unspecified atom stereocenters. The molecule has 0 spiro atoms. The van der Waals surface area contributed by atoms with E-state index in [0.29, 0.717) is 18.7 Å². The van der Waals surface area contributed by atoms with Gasteiger partial charge in [-0.15, -0.1) is 0 Å². The summed E-state index contributed by atoms with van der Waals surface area (Å²) in [4.78, 5) is 13.6. The molecule has 0 radical (unpaired) electrons. The number of phenolic OH excluding ortho intramolecular Hbond substituents is 1. The second kappa shape index (κ2) is 6.61. The van der Waals surface area contributed by atoms with Gasteiger partial charge in [0.2, 0.25) is 5.91 Å². The van der Waals surface area contributed by atoms with Gasteiger partial charge in [0.05, 0.1) is 19.3 Å². The van der Waals surface area contributed by atoms with Gasteiger partial charge in [-0.2, -0.15) is 0 Å². The smallest absolute Gasteiger partial charge is 0.231 e. The molecule has 2 fully saturated rings. The van der Waals surface area contributed by atoms with Crippen molar-refractivity contribution in [1.29, 1.82) is 0 Å². The van der Waals surface area contributed by atoms with Crippen LogP contribution >= 0.6 is 0 Å². The van der Waals surface area contributed by atoms with Crippen LogP contribution in [0.3, 0.4) is 0 Å². The number of hydrogen-bond donors (Lipinski definition) is 3. The fraction of sp³-hybridized carbons (Fsp3) is 0.611. The van der Waals surface area contributed by atoms with Crippen molar-refractivity contribution in [1.82, 2.24) is 4.90 Å². The number of fused-ring (bicyclic) bond motifs is 1. The Morgan fingerprint density at radius 3 is 2.92 bits per heavy atom. The number of aliphatic hydroxyl groups is 1. The molecule has 132 valence electrons. The average Bonchev–Trinajstić information content (AvgIpc) is 2.55. The number of primary amides is 1. The molecule has 1 saturated carbocycles. The van der Waals surface area contributed by atoms with E-state index in [0.717, 1.165) is 31.2 Å². The topological polar surface area (TPSA) is 96.0 Å². The van der Waals surface area contributed by atoms with E-state index in [-0.39, 0.29) is 30.2 Å². The van der Waals surface area contributed by atoms with Crippen molar-refractivity contribution in [2.75, 3.05) is 20.2 Å². The molecular formula is C18H26N2O4. The van der Waals surface area contributed by atoms with E-state index in [1.54, 1.807) is 12.1 Å². The Morgan fingerprint density at radius 2 is 2.21 bits per heavy atom. The number of piperidine rings is 1. The predicted molar refractivity (Wildman–Crippen MR) is 89.7 cm³/mol. The Bertz CT molecular complexity index is 621. The van der Waals surface area contributed by atoms with Gasteiger partial charge in [0, 0.05) is 18.5 Å². The highest BCUT2D eigenvalue weighted by atomic mass is 16.5. The van der Waals surface area contributed by atoms with Crippen molar-refractivity contribution >= 4 is 5.91 Å². The monoisotopic (exact) mass is 334 g/mol. The molecule has 0 bridgehead atoms. The summed E-state index contributed by atoms with van der Waals surface area (Å²) in [5.74, 6) is 0.162. The van der Waals surface area contributed by atoms with E-state index in [2.05, 4.69) is 4.90 Å². The van der Waals surface area contributed by atoms with Gasteiger partial charge in [-0.05, 0) is 37.0 Å². The summed E-state index contributed by atoms with van der Waals surface area (Å²) in [6.45, 7) is 0.796. The molecule has 1 aromatic carbocycles. The van der Waals surface area contributed by atoms with Crippen LogP contribution in [0.15, 0.2) is 18.2 Å². The second-order valence-corrected chi connectivity index (χ2v) is 7.02. The van der Waals surface area contributed by atoms with Crippen LogP contribution in [0.25, 0.3) is 0 Å². The number of nitrogens with two attached hydrogens (primary N) is 1. The van der Waals surface area contributed by atoms with Crippen LogP contribution in [0.5, 0.6) is 11.5 Å². The molecule has 4 N–H and O–H groups in total. The van der Waals surface area contributed by atoms with Crippen LogP contribution in [0, 0.1) is 5.92 Å². The lowest BCUT2D eigenvalue weighted by Crippen LogP contribution is -2.56. The van der Waals surface area contributed by atoms with Crippen molar-refractivity contribution in [2.45, 2.75) is 43.7 Å². The number of benzene rings is 1. The number of ether oxygens (including phenoxy) is 1. The lowest BCUT2D eigenvalue weighted by molar-refractivity contribution is -0.136. The first-order chi connectivity index (χ1) is 11.4. The van der Waals surface area contributed by atoms with Crippen LogP contribution in [-0.2, 0) is 4.79 Å². The zero-order valence-electron chi connectivity index (χ0n) is 14.1. The number of likely N-dealkylation sites (tertiary alicyclic amines) is 1. The van der Waals surface area contributed by atoms with E-state index in [1.807, 2.05) is 6.07 Å². The number of phenols is 1. The number of hydrogen-bond acceptors (Lipinski definition) is 5. The zero-order chi connectivity index (χ0) is 17.3. The molecule has 1 heterocycles. The second-order valence-electron chi connectivity index (χ2n) is 7.02. The standard InChI is InChI=1S/C18H26N2O4/c1-24-15-10-12(5-6-14(15)21)17-13-4-2-3-7-18(13,23)8-9-20(17)11-16(19)22/h5-6,10,13,17,21,23H,2-4,7-9,11H2,1H3,(H2,19,22). The molecule has 1 amide bonds. The van der Waals surface area contributed by atoms with Gasteiger partial charge in [0.1, 0.15) is 0 Å². The first-order valence-corrected chi connectivity index (χ1v) is 8.56. The number of methoxy groups -OCH3 is 1. The zero-order valence-corrected chi connectivity index (χ0v) is 14.1. The van der Waals surface area contributed by atoms with Crippen molar-refractivity contribution in [2.24, 2.45) is 11.7 Å². The number of carbonyl (C=O) groups excluding carboxylic acids is 1. The Morgan fingerprint density at radius 1 is 1.42 bits per heavy atom. The highest BCUT2D eigenvalue weighted by Crippen LogP contribution is 2.49. The van der Waals surface area contributed by atoms with Gasteiger partial charge >= 0.3 is 0 Å². The molecule has 1 aromatic rings. The minimum absolute atomic E-state index is 0.0496. The molecule has 2 aliphatic rings. The summed E-state index contributed by atoms with van der Waals surface area (Å²) in [5, 5.41) is 21.0. The van der Waals surface area contributed by atoms with Crippen LogP contribution < -0.4 is 10.5 Å². The summed E-state index contributed by atoms with van der Waals surface area (Å²) < 4.78 is 5.23. The number of aromatic hydroxyl groups is 1. The van der Waals surface area contributed by atoms with E-state index in [4.69, 9.17) is 10.5 Å². The third kappa shape index (κ3) is 3.08. The molecular weight excluding hydrogens is 308 g/mol. The summed E-state index contributed by atoms with van der Waals surface area (Å²) in [6.07, 6.45) is 4.49. The maximum atomic E-state index is 11.5. The summed E-state index contributed by atoms with van der Waals surface area (Å²) in [6, 6.07) is 5.14. The van der Waals surface area contributed by atoms with Crippen molar-refractivity contribution in [3.8, 4) is 11.5 Å². The van der Waals surface area contributed by atoms with Gasteiger partial charge in [0.25, 0.3) is 0 Å². The van der Waals surface area contributed by atoms with Gasteiger partial charge in [-0.3, -0.25) is 9.69 Å². The van der Waals surface area contributed by atoms with Crippen LogP contribution in [0.4, 0.5) is 0 Å². The molecule has 6 heteroatoms. The van der Waals surface area contributed by atoms with Gasteiger partial charge < -0.3 is 20.7 Å². The molecule has 1 aliphatic carbocycles. The SMILES string of the molecule is COc1cc(C2C3CCCCC3(O)CCN2CC(N)=O)ccc1O. The van der Waals surface area contributed by atoms with Crippen molar-refractivity contribution in [3.05, 3.63) is 23.8 Å². The van der Waals surface area contributed by atoms with E-state index in [1.165, 1.54) is 7.11 Å². The minimum atomic E-state index is -0.692. The molecule has 0 aromatic heterocycles. The maximum absolute atomic E-state index is 11.5. The highest BCUT2D eigenvalue weighted by Gasteiger charge is 2.49. The third-order valence-electron chi connectivity index (χ3n) is 5.58. The Hall–Kier alpha value is -1.79. The largest absolute Gasteiger partial charge is 0.504 e. The molecule has 6 nitrogen and oxygen atoms in total. The normalized spacial score (nSPS) is 30.6. The number of carbonyl (C=O) groups is 1. The lowest BCUT2D eigenvalue weighted by atomic mass is 9.66. The Labute approximate surface area is 142 Å². The van der Waals surface area contributed by atoms with Crippen LogP contribution in [-0.4, -0.2) is 46.8 Å². The van der Waals surface area contributed by atoms with Crippen molar-refractivity contribution < 1.29 is 19.7 Å².